The summed E-state index contributed by atoms with van der Waals surface area (Å²) in [6, 6.07) is 0. The van der Waals surface area contributed by atoms with Crippen molar-refractivity contribution in [2.24, 2.45) is 0 Å². The van der Waals surface area contributed by atoms with Crippen LogP contribution in [0.4, 0.5) is 0 Å². The zero-order valence-corrected chi connectivity index (χ0v) is 8.32. The predicted molar refractivity (Wildman–Crippen MR) is 47.6 cm³/mol. The summed E-state index contributed by atoms with van der Waals surface area (Å²) in [7, 11) is 0. The van der Waals surface area contributed by atoms with E-state index in [2.05, 4.69) is 26.9 Å². The number of fused-ring (bicyclic) bond motifs is 1. The second kappa shape index (κ2) is 3.21. The summed E-state index contributed by atoms with van der Waals surface area (Å²) in [5, 5.41) is 1.13. The molecule has 0 saturated carbocycles. The van der Waals surface area contributed by atoms with E-state index in [1.807, 2.05) is 0 Å². The van der Waals surface area contributed by atoms with Crippen molar-refractivity contribution < 1.29 is 0 Å². The number of aromatic amines is 1. The van der Waals surface area contributed by atoms with E-state index in [0.29, 0.717) is 15.0 Å². The van der Waals surface area contributed by atoms with Crippen LogP contribution >= 0.6 is 0 Å². The van der Waals surface area contributed by atoms with Crippen LogP contribution in [0.2, 0.25) is 5.32 Å². The average molecular weight is 227 g/mol. The van der Waals surface area contributed by atoms with Gasteiger partial charge in [0.25, 0.3) is 0 Å². The molecule has 0 spiro atoms. The average Bonchev–Trinajstić information content (AvgIpc) is 2.51. The van der Waals surface area contributed by atoms with Crippen molar-refractivity contribution in [2.45, 2.75) is 12.2 Å². The SMILES string of the molecule is CC[Se]c1ncc2[nH]cnc2n1. The third kappa shape index (κ3) is 1.33. The van der Waals surface area contributed by atoms with E-state index >= 15 is 0 Å². The summed E-state index contributed by atoms with van der Waals surface area (Å²) >= 11 is 0.396. The zero-order chi connectivity index (χ0) is 8.39. The van der Waals surface area contributed by atoms with E-state index in [4.69, 9.17) is 0 Å². The summed E-state index contributed by atoms with van der Waals surface area (Å²) in [5.74, 6) is 0. The Bertz CT molecular complexity index is 384. The summed E-state index contributed by atoms with van der Waals surface area (Å²) in [5.41, 5.74) is 1.68. The first-order valence-electron chi connectivity index (χ1n) is 3.69. The molecule has 4 nitrogen and oxygen atoms in total. The van der Waals surface area contributed by atoms with Crippen molar-refractivity contribution >= 4 is 30.8 Å². The van der Waals surface area contributed by atoms with Gasteiger partial charge in [-0.25, -0.2) is 0 Å². The van der Waals surface area contributed by atoms with Crippen LogP contribution in [-0.4, -0.2) is 34.9 Å². The molecular weight excluding hydrogens is 219 g/mol. The standard InChI is InChI=1S/C7H8N4Se/c1-2-12-7-8-3-5-6(11-7)10-4-9-5/h3-4H,2H2,1H3,(H,8,9,10,11). The number of nitrogens with zero attached hydrogens (tertiary/aromatic N) is 3. The molecule has 0 bridgehead atoms. The molecule has 2 heterocycles. The third-order valence-electron chi connectivity index (χ3n) is 1.43. The molecule has 0 radical (unpaired) electrons. The van der Waals surface area contributed by atoms with Gasteiger partial charge >= 0.3 is 75.5 Å². The van der Waals surface area contributed by atoms with Gasteiger partial charge in [-0.3, -0.25) is 0 Å². The zero-order valence-electron chi connectivity index (χ0n) is 6.61. The van der Waals surface area contributed by atoms with Gasteiger partial charge in [0.05, 0.1) is 0 Å². The molecule has 2 rings (SSSR count). The number of aromatic nitrogens is 4. The van der Waals surface area contributed by atoms with Crippen LogP contribution in [0.25, 0.3) is 11.2 Å². The minimum atomic E-state index is 0.396. The van der Waals surface area contributed by atoms with E-state index < -0.39 is 0 Å². The van der Waals surface area contributed by atoms with Crippen LogP contribution in [0, 0.1) is 0 Å². The molecule has 0 aliphatic heterocycles. The van der Waals surface area contributed by atoms with Gasteiger partial charge in [-0.05, 0) is 0 Å². The Balaban J connectivity index is 2.46. The normalized spacial score (nSPS) is 10.8. The molecule has 2 aromatic rings. The van der Waals surface area contributed by atoms with Crippen molar-refractivity contribution in [1.82, 2.24) is 19.9 Å². The fourth-order valence-corrected chi connectivity index (χ4v) is 2.04. The van der Waals surface area contributed by atoms with Gasteiger partial charge < -0.3 is 0 Å². The van der Waals surface area contributed by atoms with E-state index in [1.54, 1.807) is 12.5 Å². The molecule has 0 aliphatic carbocycles. The monoisotopic (exact) mass is 228 g/mol. The first-order valence-corrected chi connectivity index (χ1v) is 5.76. The first-order chi connectivity index (χ1) is 5.90. The number of hydrogen-bond acceptors (Lipinski definition) is 3. The molecule has 5 heteroatoms. The van der Waals surface area contributed by atoms with Gasteiger partial charge in [-0.2, -0.15) is 0 Å². The molecular formula is C7H8N4Se. The van der Waals surface area contributed by atoms with Crippen LogP contribution in [-0.2, 0) is 0 Å². The number of nitrogens with one attached hydrogen (secondary N) is 1. The van der Waals surface area contributed by atoms with Gasteiger partial charge in [-0.15, -0.1) is 0 Å². The van der Waals surface area contributed by atoms with Crippen molar-refractivity contribution in [3.8, 4) is 0 Å². The maximum atomic E-state index is 4.30. The summed E-state index contributed by atoms with van der Waals surface area (Å²) < 4.78 is 0.935. The number of H-pyrrole nitrogens is 1. The Labute approximate surface area is 76.0 Å². The van der Waals surface area contributed by atoms with Crippen molar-refractivity contribution in [3.05, 3.63) is 12.5 Å². The van der Waals surface area contributed by atoms with E-state index in [-0.39, 0.29) is 0 Å². The molecule has 12 heavy (non-hydrogen) atoms. The molecule has 0 atom stereocenters. The Hall–Kier alpha value is -0.931. The van der Waals surface area contributed by atoms with Gasteiger partial charge in [0.2, 0.25) is 0 Å². The van der Waals surface area contributed by atoms with E-state index in [9.17, 15) is 0 Å². The summed E-state index contributed by atoms with van der Waals surface area (Å²) in [6.45, 7) is 2.14. The molecule has 0 aliphatic rings. The number of hydrogen-bond donors (Lipinski definition) is 1. The Morgan fingerprint density at radius 3 is 3.25 bits per heavy atom. The minimum absolute atomic E-state index is 0.396. The summed E-state index contributed by atoms with van der Waals surface area (Å²) in [4.78, 5) is 15.5. The second-order valence-electron chi connectivity index (χ2n) is 2.23. The van der Waals surface area contributed by atoms with Crippen molar-refractivity contribution in [3.63, 3.8) is 0 Å². The van der Waals surface area contributed by atoms with Gasteiger partial charge in [0, 0.05) is 0 Å². The number of rotatable bonds is 2. The molecule has 2 aromatic heterocycles. The second-order valence-corrected chi connectivity index (χ2v) is 4.81. The fraction of sp³-hybridized carbons (Fsp3) is 0.286. The van der Waals surface area contributed by atoms with E-state index in [0.717, 1.165) is 21.2 Å². The molecule has 0 amide bonds. The topological polar surface area (TPSA) is 54.5 Å². The maximum absolute atomic E-state index is 4.30. The third-order valence-corrected chi connectivity index (χ3v) is 2.99. The van der Waals surface area contributed by atoms with Gasteiger partial charge in [-0.1, -0.05) is 0 Å². The number of imidazole rings is 1. The Morgan fingerprint density at radius 1 is 1.50 bits per heavy atom. The van der Waals surface area contributed by atoms with E-state index in [1.165, 1.54) is 0 Å². The summed E-state index contributed by atoms with van der Waals surface area (Å²) in [6.07, 6.45) is 3.43. The quantitative estimate of drug-likeness (QED) is 0.741. The predicted octanol–water partition coefficient (Wildman–Crippen LogP) is 0.121. The van der Waals surface area contributed by atoms with Crippen molar-refractivity contribution in [2.75, 3.05) is 0 Å². The van der Waals surface area contributed by atoms with Crippen LogP contribution in [0.3, 0.4) is 0 Å². The molecule has 1 N–H and O–H groups in total. The molecule has 0 fully saturated rings. The molecule has 0 aromatic carbocycles. The fourth-order valence-electron chi connectivity index (χ4n) is 0.919. The molecule has 0 saturated heterocycles. The van der Waals surface area contributed by atoms with Crippen LogP contribution < -0.4 is 4.72 Å². The first kappa shape index (κ1) is 7.70. The van der Waals surface area contributed by atoms with Crippen LogP contribution in [0.1, 0.15) is 6.92 Å². The molecule has 62 valence electrons. The Morgan fingerprint density at radius 2 is 2.42 bits per heavy atom. The Kier molecular flexibility index (Phi) is 2.06. The molecule has 0 unspecified atom stereocenters. The van der Waals surface area contributed by atoms with Gasteiger partial charge in [0.1, 0.15) is 0 Å². The van der Waals surface area contributed by atoms with Gasteiger partial charge in [0.15, 0.2) is 0 Å². The van der Waals surface area contributed by atoms with Crippen LogP contribution in [0.5, 0.6) is 0 Å². The van der Waals surface area contributed by atoms with Crippen molar-refractivity contribution in [1.29, 1.82) is 0 Å². The van der Waals surface area contributed by atoms with Crippen LogP contribution in [0.15, 0.2) is 12.5 Å².